The van der Waals surface area contributed by atoms with Crippen molar-refractivity contribution in [2.75, 3.05) is 0 Å². The first-order chi connectivity index (χ1) is 8.53. The van der Waals surface area contributed by atoms with Gasteiger partial charge in [-0.1, -0.05) is 36.6 Å². The van der Waals surface area contributed by atoms with Crippen molar-refractivity contribution < 1.29 is 8.42 Å². The SMILES string of the molecule is NCc1ccc(CS(=O)(=O)C2CCCC2)c(Cl)c1. The van der Waals surface area contributed by atoms with Gasteiger partial charge in [0.05, 0.1) is 11.0 Å². The lowest BCUT2D eigenvalue weighted by Crippen LogP contribution is -2.19. The maximum Gasteiger partial charge on any atom is 0.157 e. The number of rotatable bonds is 4. The lowest BCUT2D eigenvalue weighted by atomic mass is 10.1. The van der Waals surface area contributed by atoms with E-state index in [1.165, 1.54) is 0 Å². The Balaban J connectivity index is 2.18. The Kier molecular flexibility index (Phi) is 4.30. The highest BCUT2D eigenvalue weighted by molar-refractivity contribution is 7.91. The first kappa shape index (κ1) is 13.8. The molecule has 0 aromatic heterocycles. The summed E-state index contributed by atoms with van der Waals surface area (Å²) in [6, 6.07) is 5.36. The second-order valence-corrected chi connectivity index (χ2v) is 7.53. The Bertz CT molecular complexity index is 522. The summed E-state index contributed by atoms with van der Waals surface area (Å²) in [5.74, 6) is 0.0430. The van der Waals surface area contributed by atoms with Gasteiger partial charge in [-0.3, -0.25) is 0 Å². The predicted molar refractivity (Wildman–Crippen MR) is 74.2 cm³/mol. The first-order valence-electron chi connectivity index (χ1n) is 6.22. The van der Waals surface area contributed by atoms with E-state index >= 15 is 0 Å². The molecule has 2 N–H and O–H groups in total. The van der Waals surface area contributed by atoms with Gasteiger partial charge in [-0.25, -0.2) is 8.42 Å². The van der Waals surface area contributed by atoms with E-state index in [1.807, 2.05) is 6.07 Å². The van der Waals surface area contributed by atoms with Crippen LogP contribution in [0.15, 0.2) is 18.2 Å². The van der Waals surface area contributed by atoms with Crippen molar-refractivity contribution >= 4 is 21.4 Å². The molecule has 3 nitrogen and oxygen atoms in total. The van der Waals surface area contributed by atoms with Crippen LogP contribution in [0.1, 0.15) is 36.8 Å². The van der Waals surface area contributed by atoms with Crippen LogP contribution in [-0.4, -0.2) is 13.7 Å². The van der Waals surface area contributed by atoms with E-state index in [2.05, 4.69) is 0 Å². The summed E-state index contributed by atoms with van der Waals surface area (Å²) in [5, 5.41) is 0.322. The molecule has 0 bridgehead atoms. The Labute approximate surface area is 113 Å². The lowest BCUT2D eigenvalue weighted by Gasteiger charge is -2.12. The highest BCUT2D eigenvalue weighted by Gasteiger charge is 2.29. The number of hydrogen-bond donors (Lipinski definition) is 1. The Hall–Kier alpha value is -0.580. The van der Waals surface area contributed by atoms with Gasteiger partial charge in [0.25, 0.3) is 0 Å². The van der Waals surface area contributed by atoms with Crippen LogP contribution in [0.25, 0.3) is 0 Å². The number of nitrogens with two attached hydrogens (primary N) is 1. The molecule has 100 valence electrons. The third-order valence-corrected chi connectivity index (χ3v) is 6.07. The summed E-state index contributed by atoms with van der Waals surface area (Å²) in [4.78, 5) is 0. The van der Waals surface area contributed by atoms with Crippen molar-refractivity contribution in [2.45, 2.75) is 43.2 Å². The van der Waals surface area contributed by atoms with Crippen molar-refractivity contribution in [3.63, 3.8) is 0 Å². The third kappa shape index (κ3) is 3.05. The Morgan fingerprint density at radius 2 is 1.94 bits per heavy atom. The highest BCUT2D eigenvalue weighted by atomic mass is 35.5. The van der Waals surface area contributed by atoms with E-state index in [0.717, 1.165) is 31.2 Å². The van der Waals surface area contributed by atoms with Crippen LogP contribution < -0.4 is 5.73 Å². The second kappa shape index (κ2) is 5.59. The third-order valence-electron chi connectivity index (χ3n) is 3.52. The minimum Gasteiger partial charge on any atom is -0.326 e. The Morgan fingerprint density at radius 3 is 2.50 bits per heavy atom. The van der Waals surface area contributed by atoms with Crippen LogP contribution in [0.4, 0.5) is 0 Å². The molecule has 0 atom stereocenters. The molecule has 1 aromatic rings. The fourth-order valence-corrected chi connectivity index (χ4v) is 4.74. The summed E-state index contributed by atoms with van der Waals surface area (Å²) in [7, 11) is -3.07. The molecule has 0 unspecified atom stereocenters. The summed E-state index contributed by atoms with van der Waals surface area (Å²) in [6.45, 7) is 0.412. The summed E-state index contributed by atoms with van der Waals surface area (Å²) >= 11 is 6.10. The Morgan fingerprint density at radius 1 is 1.28 bits per heavy atom. The van der Waals surface area contributed by atoms with Crippen molar-refractivity contribution in [2.24, 2.45) is 5.73 Å². The molecule has 1 aromatic carbocycles. The minimum absolute atomic E-state index is 0.0430. The molecule has 1 fully saturated rings. The van der Waals surface area contributed by atoms with Gasteiger partial charge < -0.3 is 5.73 Å². The first-order valence-corrected chi connectivity index (χ1v) is 8.31. The average Bonchev–Trinajstić information content (AvgIpc) is 2.86. The number of hydrogen-bond acceptors (Lipinski definition) is 3. The van der Waals surface area contributed by atoms with Gasteiger partial charge in [0.15, 0.2) is 9.84 Å². The zero-order chi connectivity index (χ0) is 13.2. The molecular formula is C13H18ClNO2S. The maximum atomic E-state index is 12.2. The minimum atomic E-state index is -3.07. The molecule has 2 rings (SSSR count). The largest absolute Gasteiger partial charge is 0.326 e. The van der Waals surface area contributed by atoms with Gasteiger partial charge in [0.1, 0.15) is 0 Å². The van der Waals surface area contributed by atoms with E-state index in [1.54, 1.807) is 12.1 Å². The van der Waals surface area contributed by atoms with E-state index < -0.39 is 9.84 Å². The molecule has 0 spiro atoms. The maximum absolute atomic E-state index is 12.2. The molecule has 1 aliphatic carbocycles. The van der Waals surface area contributed by atoms with Crippen molar-refractivity contribution in [3.8, 4) is 0 Å². The molecule has 0 saturated heterocycles. The van der Waals surface area contributed by atoms with Crippen LogP contribution in [0.2, 0.25) is 5.02 Å². The lowest BCUT2D eigenvalue weighted by molar-refractivity contribution is 0.579. The van der Waals surface area contributed by atoms with Gasteiger partial charge in [-0.05, 0) is 30.0 Å². The topological polar surface area (TPSA) is 60.2 Å². The zero-order valence-corrected chi connectivity index (χ0v) is 11.8. The summed E-state index contributed by atoms with van der Waals surface area (Å²) in [5.41, 5.74) is 7.12. The van der Waals surface area contributed by atoms with Crippen LogP contribution >= 0.6 is 11.6 Å². The summed E-state index contributed by atoms with van der Waals surface area (Å²) < 4.78 is 24.5. The van der Waals surface area contributed by atoms with Crippen molar-refractivity contribution in [1.29, 1.82) is 0 Å². The van der Waals surface area contributed by atoms with Crippen molar-refractivity contribution in [1.82, 2.24) is 0 Å². The van der Waals surface area contributed by atoms with E-state index in [-0.39, 0.29) is 11.0 Å². The van der Waals surface area contributed by atoms with Gasteiger partial charge >= 0.3 is 0 Å². The number of halogens is 1. The standard InChI is InChI=1S/C13H18ClNO2S/c14-13-7-10(8-15)5-6-11(13)9-18(16,17)12-3-1-2-4-12/h5-7,12H,1-4,8-9,15H2. The molecular weight excluding hydrogens is 270 g/mol. The molecule has 0 heterocycles. The molecule has 0 aliphatic heterocycles. The molecule has 5 heteroatoms. The zero-order valence-electron chi connectivity index (χ0n) is 10.2. The molecule has 1 aliphatic rings. The smallest absolute Gasteiger partial charge is 0.157 e. The van der Waals surface area contributed by atoms with Gasteiger partial charge in [-0.15, -0.1) is 0 Å². The van der Waals surface area contributed by atoms with Gasteiger partial charge in [0, 0.05) is 11.6 Å². The monoisotopic (exact) mass is 287 g/mol. The fourth-order valence-electron chi connectivity index (χ4n) is 2.42. The van der Waals surface area contributed by atoms with Gasteiger partial charge in [-0.2, -0.15) is 0 Å². The average molecular weight is 288 g/mol. The quantitative estimate of drug-likeness (QED) is 0.926. The summed E-state index contributed by atoms with van der Waals surface area (Å²) in [6.07, 6.45) is 3.62. The molecule has 0 radical (unpaired) electrons. The second-order valence-electron chi connectivity index (χ2n) is 4.84. The van der Waals surface area contributed by atoms with E-state index in [9.17, 15) is 8.42 Å². The van der Waals surface area contributed by atoms with Crippen LogP contribution in [0.5, 0.6) is 0 Å². The fraction of sp³-hybridized carbons (Fsp3) is 0.538. The molecule has 1 saturated carbocycles. The highest BCUT2D eigenvalue weighted by Crippen LogP contribution is 2.29. The van der Waals surface area contributed by atoms with Gasteiger partial charge in [0.2, 0.25) is 0 Å². The van der Waals surface area contributed by atoms with Crippen LogP contribution in [-0.2, 0) is 22.1 Å². The molecule has 0 amide bonds. The normalized spacial score (nSPS) is 17.2. The number of benzene rings is 1. The van der Waals surface area contributed by atoms with Crippen molar-refractivity contribution in [3.05, 3.63) is 34.3 Å². The number of sulfone groups is 1. The predicted octanol–water partition coefficient (Wildman–Crippen LogP) is 2.66. The van der Waals surface area contributed by atoms with Crippen LogP contribution in [0.3, 0.4) is 0 Å². The molecule has 18 heavy (non-hydrogen) atoms. The van der Waals surface area contributed by atoms with E-state index in [4.69, 9.17) is 17.3 Å². The van der Waals surface area contributed by atoms with Crippen LogP contribution in [0, 0.1) is 0 Å². The van der Waals surface area contributed by atoms with E-state index in [0.29, 0.717) is 17.1 Å².